The molecule has 0 saturated carbocycles. The third kappa shape index (κ3) is 5.22. The number of carbonyl (C=O) groups excluding carboxylic acids is 3. The smallest absolute Gasteiger partial charge is 0.325 e. The number of likely N-dealkylation sites (tertiary alicyclic amines) is 1. The molecule has 2 heterocycles. The topological polar surface area (TPSA) is 73.0 Å². The zero-order valence-electron chi connectivity index (χ0n) is 20.4. The fourth-order valence-corrected chi connectivity index (χ4v) is 5.16. The Bertz CT molecular complexity index is 1070. The van der Waals surface area contributed by atoms with Crippen molar-refractivity contribution in [2.75, 3.05) is 40.3 Å². The summed E-state index contributed by atoms with van der Waals surface area (Å²) in [4.78, 5) is 44.5. The predicted octanol–water partition coefficient (Wildman–Crippen LogP) is 3.16. The van der Waals surface area contributed by atoms with Gasteiger partial charge in [-0.3, -0.25) is 14.5 Å². The summed E-state index contributed by atoms with van der Waals surface area (Å²) in [5.74, 6) is -1.17. The van der Waals surface area contributed by atoms with E-state index in [0.717, 1.165) is 5.56 Å². The minimum Gasteiger partial charge on any atom is -0.339 e. The van der Waals surface area contributed by atoms with Crippen LogP contribution in [-0.4, -0.2) is 78.4 Å². The third-order valence-corrected chi connectivity index (χ3v) is 7.21. The van der Waals surface area contributed by atoms with Crippen molar-refractivity contribution in [3.8, 4) is 0 Å². The number of amides is 4. The molecule has 0 bridgehead atoms. The standard InChI is InChI=1S/C27H33FN4O3/c1-30(2)18-19-32-25(34)27(29-26(32)35,15-12-20-8-4-3-5-9-20)21-13-16-31(17-14-21)24(33)22-10-6-7-11-23(22)28/h3-11,21H,12-19H2,1-2H3,(H,29,35). The number of piperidine rings is 1. The molecule has 35 heavy (non-hydrogen) atoms. The number of hydrogen-bond acceptors (Lipinski definition) is 4. The number of nitrogens with zero attached hydrogens (tertiary/aromatic N) is 3. The van der Waals surface area contributed by atoms with E-state index in [-0.39, 0.29) is 29.3 Å². The highest BCUT2D eigenvalue weighted by Gasteiger charge is 2.55. The van der Waals surface area contributed by atoms with Gasteiger partial charge in [0.15, 0.2) is 0 Å². The monoisotopic (exact) mass is 480 g/mol. The number of urea groups is 1. The molecule has 8 heteroatoms. The minimum absolute atomic E-state index is 0.0600. The molecule has 2 aliphatic heterocycles. The number of imide groups is 1. The van der Waals surface area contributed by atoms with Crippen molar-refractivity contribution in [3.05, 3.63) is 71.5 Å². The Morgan fingerprint density at radius 2 is 1.71 bits per heavy atom. The second-order valence-electron chi connectivity index (χ2n) is 9.69. The van der Waals surface area contributed by atoms with Crippen molar-refractivity contribution in [2.45, 2.75) is 31.2 Å². The highest BCUT2D eigenvalue weighted by molar-refractivity contribution is 6.07. The zero-order chi connectivity index (χ0) is 25.0. The lowest BCUT2D eigenvalue weighted by Gasteiger charge is -2.41. The van der Waals surface area contributed by atoms with Crippen LogP contribution in [0, 0.1) is 11.7 Å². The normalized spacial score (nSPS) is 21.0. The van der Waals surface area contributed by atoms with E-state index in [9.17, 15) is 18.8 Å². The van der Waals surface area contributed by atoms with Gasteiger partial charge in [0.05, 0.1) is 5.56 Å². The van der Waals surface area contributed by atoms with Gasteiger partial charge in [-0.15, -0.1) is 0 Å². The highest BCUT2D eigenvalue weighted by atomic mass is 19.1. The van der Waals surface area contributed by atoms with E-state index in [0.29, 0.717) is 51.9 Å². The number of hydrogen-bond donors (Lipinski definition) is 1. The maximum Gasteiger partial charge on any atom is 0.325 e. The molecule has 186 valence electrons. The first kappa shape index (κ1) is 24.9. The van der Waals surface area contributed by atoms with E-state index in [2.05, 4.69) is 5.32 Å². The van der Waals surface area contributed by atoms with Gasteiger partial charge in [-0.25, -0.2) is 9.18 Å². The van der Waals surface area contributed by atoms with Crippen molar-refractivity contribution in [3.63, 3.8) is 0 Å². The lowest BCUT2D eigenvalue weighted by atomic mass is 9.74. The van der Waals surface area contributed by atoms with E-state index in [4.69, 9.17) is 0 Å². The Labute approximate surface area is 205 Å². The second-order valence-corrected chi connectivity index (χ2v) is 9.69. The van der Waals surface area contributed by atoms with Crippen molar-refractivity contribution in [1.29, 1.82) is 0 Å². The molecule has 4 amide bonds. The van der Waals surface area contributed by atoms with Gasteiger partial charge in [0.1, 0.15) is 11.4 Å². The predicted molar refractivity (Wildman–Crippen MR) is 131 cm³/mol. The molecule has 2 aromatic rings. The summed E-state index contributed by atoms with van der Waals surface area (Å²) >= 11 is 0. The number of halogens is 1. The Morgan fingerprint density at radius 3 is 2.37 bits per heavy atom. The van der Waals surface area contributed by atoms with E-state index in [1.165, 1.54) is 17.0 Å². The minimum atomic E-state index is -1.01. The van der Waals surface area contributed by atoms with Crippen molar-refractivity contribution in [2.24, 2.45) is 5.92 Å². The number of likely N-dealkylation sites (N-methyl/N-ethyl adjacent to an activating group) is 1. The summed E-state index contributed by atoms with van der Waals surface area (Å²) in [5, 5.41) is 3.07. The van der Waals surface area contributed by atoms with Crippen LogP contribution in [0.4, 0.5) is 9.18 Å². The first-order chi connectivity index (χ1) is 16.8. The number of carbonyl (C=O) groups is 3. The van der Waals surface area contributed by atoms with Gasteiger partial charge in [0.2, 0.25) is 0 Å². The molecule has 0 aromatic heterocycles. The molecule has 7 nitrogen and oxygen atoms in total. The summed E-state index contributed by atoms with van der Waals surface area (Å²) < 4.78 is 14.2. The number of nitrogens with one attached hydrogen (secondary N) is 1. The Balaban J connectivity index is 1.52. The molecule has 2 aromatic carbocycles. The van der Waals surface area contributed by atoms with Crippen LogP contribution in [-0.2, 0) is 11.2 Å². The molecule has 2 aliphatic rings. The van der Waals surface area contributed by atoms with Crippen molar-refractivity contribution >= 4 is 17.8 Å². The molecule has 0 aliphatic carbocycles. The fourth-order valence-electron chi connectivity index (χ4n) is 5.16. The summed E-state index contributed by atoms with van der Waals surface area (Å²) in [5.41, 5.74) is 0.157. The largest absolute Gasteiger partial charge is 0.339 e. The number of rotatable bonds is 8. The molecule has 0 radical (unpaired) electrons. The molecule has 2 fully saturated rings. The zero-order valence-corrected chi connectivity index (χ0v) is 20.4. The molecule has 0 spiro atoms. The first-order valence-electron chi connectivity index (χ1n) is 12.2. The van der Waals surface area contributed by atoms with Gasteiger partial charge in [-0.1, -0.05) is 42.5 Å². The highest BCUT2D eigenvalue weighted by Crippen LogP contribution is 2.37. The van der Waals surface area contributed by atoms with Gasteiger partial charge in [-0.2, -0.15) is 0 Å². The fraction of sp³-hybridized carbons (Fsp3) is 0.444. The number of benzene rings is 2. The molecule has 1 N–H and O–H groups in total. The van der Waals surface area contributed by atoms with E-state index >= 15 is 0 Å². The molecule has 2 saturated heterocycles. The lowest BCUT2D eigenvalue weighted by molar-refractivity contribution is -0.134. The quantitative estimate of drug-likeness (QED) is 0.589. The lowest BCUT2D eigenvalue weighted by Crippen LogP contribution is -2.57. The maximum atomic E-state index is 14.2. The Kier molecular flexibility index (Phi) is 7.50. The van der Waals surface area contributed by atoms with Gasteiger partial charge < -0.3 is 15.1 Å². The van der Waals surface area contributed by atoms with Gasteiger partial charge in [0, 0.05) is 26.2 Å². The van der Waals surface area contributed by atoms with Crippen LogP contribution in [0.5, 0.6) is 0 Å². The van der Waals surface area contributed by atoms with E-state index in [1.807, 2.05) is 49.3 Å². The van der Waals surface area contributed by atoms with Crippen LogP contribution in [0.25, 0.3) is 0 Å². The van der Waals surface area contributed by atoms with Crippen molar-refractivity contribution < 1.29 is 18.8 Å². The SMILES string of the molecule is CN(C)CCN1C(=O)NC(CCc2ccccc2)(C2CCN(C(=O)c3ccccc3F)CC2)C1=O. The second kappa shape index (κ2) is 10.6. The van der Waals surface area contributed by atoms with Crippen molar-refractivity contribution in [1.82, 2.24) is 20.0 Å². The molecule has 1 unspecified atom stereocenters. The average molecular weight is 481 g/mol. The van der Waals surface area contributed by atoms with Crippen LogP contribution in [0.15, 0.2) is 54.6 Å². The van der Waals surface area contributed by atoms with Crippen LogP contribution in [0.1, 0.15) is 35.2 Å². The third-order valence-electron chi connectivity index (χ3n) is 7.21. The van der Waals surface area contributed by atoms with Crippen LogP contribution < -0.4 is 5.32 Å². The molecular weight excluding hydrogens is 447 g/mol. The first-order valence-corrected chi connectivity index (χ1v) is 12.2. The molecular formula is C27H33FN4O3. The maximum absolute atomic E-state index is 14.2. The van der Waals surface area contributed by atoms with Crippen LogP contribution >= 0.6 is 0 Å². The van der Waals surface area contributed by atoms with E-state index < -0.39 is 11.4 Å². The Morgan fingerprint density at radius 1 is 1.06 bits per heavy atom. The summed E-state index contributed by atoms with van der Waals surface area (Å²) in [6.45, 7) is 1.73. The van der Waals surface area contributed by atoms with Crippen LogP contribution in [0.2, 0.25) is 0 Å². The Hall–Kier alpha value is -3.26. The van der Waals surface area contributed by atoms with Gasteiger partial charge >= 0.3 is 6.03 Å². The van der Waals surface area contributed by atoms with Gasteiger partial charge in [0.25, 0.3) is 11.8 Å². The van der Waals surface area contributed by atoms with Crippen LogP contribution in [0.3, 0.4) is 0 Å². The molecule has 4 rings (SSSR count). The molecule has 1 atom stereocenters. The summed E-state index contributed by atoms with van der Waals surface area (Å²) in [6.07, 6.45) is 2.26. The average Bonchev–Trinajstić information content (AvgIpc) is 3.11. The summed E-state index contributed by atoms with van der Waals surface area (Å²) in [6, 6.07) is 15.6. The number of aryl methyl sites for hydroxylation is 1. The summed E-state index contributed by atoms with van der Waals surface area (Å²) in [7, 11) is 3.81. The van der Waals surface area contributed by atoms with E-state index in [1.54, 1.807) is 17.0 Å². The van der Waals surface area contributed by atoms with Gasteiger partial charge in [-0.05, 0) is 63.4 Å².